The molecule has 1 amide bonds. The zero-order valence-electron chi connectivity index (χ0n) is 12.5. The standard InChI is InChI=1S/C14H27NO3/c1-7-14(8-2,12(17)18)9-11(16)15-10(3)13(4,5)6/h10H,7-9H2,1-6H3,(H,15,16)(H,17,18). The fourth-order valence-electron chi connectivity index (χ4n) is 1.69. The first-order valence-corrected chi connectivity index (χ1v) is 6.61. The van der Waals surface area contributed by atoms with E-state index in [4.69, 9.17) is 0 Å². The summed E-state index contributed by atoms with van der Waals surface area (Å²) in [5, 5.41) is 12.2. The van der Waals surface area contributed by atoms with Gasteiger partial charge in [0.15, 0.2) is 0 Å². The molecular weight excluding hydrogens is 230 g/mol. The molecule has 0 aromatic heterocycles. The van der Waals surface area contributed by atoms with Crippen molar-refractivity contribution in [1.82, 2.24) is 5.32 Å². The third-order valence-corrected chi connectivity index (χ3v) is 3.98. The molecule has 4 heteroatoms. The molecule has 1 atom stereocenters. The summed E-state index contributed by atoms with van der Waals surface area (Å²) in [5.74, 6) is -1.06. The van der Waals surface area contributed by atoms with E-state index in [0.717, 1.165) is 0 Å². The van der Waals surface area contributed by atoms with Crippen LogP contribution >= 0.6 is 0 Å². The van der Waals surface area contributed by atoms with E-state index < -0.39 is 11.4 Å². The van der Waals surface area contributed by atoms with Crippen LogP contribution in [-0.4, -0.2) is 23.0 Å². The number of hydrogen-bond donors (Lipinski definition) is 2. The molecule has 18 heavy (non-hydrogen) atoms. The lowest BCUT2D eigenvalue weighted by atomic mass is 9.78. The predicted octanol–water partition coefficient (Wildman–Crippen LogP) is 2.82. The lowest BCUT2D eigenvalue weighted by Gasteiger charge is -2.31. The molecule has 4 nitrogen and oxygen atoms in total. The largest absolute Gasteiger partial charge is 0.481 e. The van der Waals surface area contributed by atoms with Gasteiger partial charge >= 0.3 is 5.97 Å². The highest BCUT2D eigenvalue weighted by molar-refractivity contribution is 5.85. The maximum Gasteiger partial charge on any atom is 0.310 e. The van der Waals surface area contributed by atoms with Crippen molar-refractivity contribution in [3.8, 4) is 0 Å². The van der Waals surface area contributed by atoms with Gasteiger partial charge in [-0.3, -0.25) is 9.59 Å². The number of carboxylic acid groups (broad SMARTS) is 1. The number of aliphatic carboxylic acids is 1. The van der Waals surface area contributed by atoms with E-state index in [9.17, 15) is 14.7 Å². The van der Waals surface area contributed by atoms with Gasteiger partial charge in [-0.05, 0) is 25.2 Å². The summed E-state index contributed by atoms with van der Waals surface area (Å²) in [6, 6.07) is 0.0187. The van der Waals surface area contributed by atoms with Crippen LogP contribution in [0.4, 0.5) is 0 Å². The Morgan fingerprint density at radius 3 is 1.89 bits per heavy atom. The van der Waals surface area contributed by atoms with Crippen molar-refractivity contribution < 1.29 is 14.7 Å². The summed E-state index contributed by atoms with van der Waals surface area (Å²) in [5.41, 5.74) is -0.957. The van der Waals surface area contributed by atoms with Crippen molar-refractivity contribution in [2.24, 2.45) is 10.8 Å². The lowest BCUT2D eigenvalue weighted by molar-refractivity contribution is -0.152. The molecule has 0 rings (SSSR count). The van der Waals surface area contributed by atoms with Gasteiger partial charge in [-0.1, -0.05) is 34.6 Å². The molecule has 0 radical (unpaired) electrons. The number of carbonyl (C=O) groups excluding carboxylic acids is 1. The molecule has 0 saturated carbocycles. The first-order valence-electron chi connectivity index (χ1n) is 6.61. The van der Waals surface area contributed by atoms with E-state index in [0.29, 0.717) is 12.8 Å². The molecule has 0 heterocycles. The van der Waals surface area contributed by atoms with Crippen molar-refractivity contribution in [3.63, 3.8) is 0 Å². The van der Waals surface area contributed by atoms with Gasteiger partial charge in [0.25, 0.3) is 0 Å². The fraction of sp³-hybridized carbons (Fsp3) is 0.857. The summed E-state index contributed by atoms with van der Waals surface area (Å²) in [4.78, 5) is 23.3. The van der Waals surface area contributed by atoms with Crippen molar-refractivity contribution in [3.05, 3.63) is 0 Å². The van der Waals surface area contributed by atoms with Crippen molar-refractivity contribution in [2.75, 3.05) is 0 Å². The van der Waals surface area contributed by atoms with Crippen LogP contribution in [0.15, 0.2) is 0 Å². The van der Waals surface area contributed by atoms with Crippen LogP contribution in [-0.2, 0) is 9.59 Å². The number of rotatable bonds is 6. The highest BCUT2D eigenvalue weighted by Crippen LogP contribution is 2.31. The predicted molar refractivity (Wildman–Crippen MR) is 72.3 cm³/mol. The first kappa shape index (κ1) is 16.9. The van der Waals surface area contributed by atoms with E-state index in [1.54, 1.807) is 0 Å². The average molecular weight is 257 g/mol. The number of carboxylic acids is 1. The Balaban J connectivity index is 4.69. The van der Waals surface area contributed by atoms with E-state index in [1.165, 1.54) is 0 Å². The lowest BCUT2D eigenvalue weighted by Crippen LogP contribution is -2.44. The van der Waals surface area contributed by atoms with Gasteiger partial charge in [0.2, 0.25) is 5.91 Å². The molecule has 106 valence electrons. The monoisotopic (exact) mass is 257 g/mol. The molecule has 0 aliphatic carbocycles. The Kier molecular flexibility index (Phi) is 5.84. The van der Waals surface area contributed by atoms with Crippen LogP contribution in [0.5, 0.6) is 0 Å². The maximum absolute atomic E-state index is 12.0. The first-order chi connectivity index (χ1) is 8.09. The molecule has 0 aromatic carbocycles. The Labute approximate surface area is 110 Å². The van der Waals surface area contributed by atoms with E-state index >= 15 is 0 Å². The number of amides is 1. The normalized spacial score (nSPS) is 14.1. The zero-order valence-corrected chi connectivity index (χ0v) is 12.5. The molecule has 1 unspecified atom stereocenters. The van der Waals surface area contributed by atoms with Crippen molar-refractivity contribution in [1.29, 1.82) is 0 Å². The van der Waals surface area contributed by atoms with Gasteiger partial charge in [0, 0.05) is 12.5 Å². The molecule has 0 aromatic rings. The van der Waals surface area contributed by atoms with Gasteiger partial charge in [-0.2, -0.15) is 0 Å². The summed E-state index contributed by atoms with van der Waals surface area (Å²) in [7, 11) is 0. The van der Waals surface area contributed by atoms with E-state index in [2.05, 4.69) is 5.32 Å². The Morgan fingerprint density at radius 1 is 1.17 bits per heavy atom. The molecular formula is C14H27NO3. The van der Waals surface area contributed by atoms with Crippen LogP contribution in [0.3, 0.4) is 0 Å². The highest BCUT2D eigenvalue weighted by atomic mass is 16.4. The Hall–Kier alpha value is -1.06. The van der Waals surface area contributed by atoms with Crippen LogP contribution in [0.25, 0.3) is 0 Å². The van der Waals surface area contributed by atoms with Gasteiger partial charge in [0.1, 0.15) is 0 Å². The fourth-order valence-corrected chi connectivity index (χ4v) is 1.69. The quantitative estimate of drug-likeness (QED) is 0.769. The number of nitrogens with one attached hydrogen (secondary N) is 1. The van der Waals surface area contributed by atoms with Crippen molar-refractivity contribution in [2.45, 2.75) is 66.8 Å². The second-order valence-corrected chi connectivity index (χ2v) is 6.12. The number of hydrogen-bond acceptors (Lipinski definition) is 2. The SMILES string of the molecule is CCC(CC)(CC(=O)NC(C)C(C)(C)C)C(=O)O. The smallest absolute Gasteiger partial charge is 0.310 e. The van der Waals surface area contributed by atoms with Gasteiger partial charge in [0.05, 0.1) is 5.41 Å². The van der Waals surface area contributed by atoms with Crippen molar-refractivity contribution >= 4 is 11.9 Å². The minimum atomic E-state index is -0.929. The molecule has 0 bridgehead atoms. The second kappa shape index (κ2) is 6.21. The van der Waals surface area contributed by atoms with E-state index in [1.807, 2.05) is 41.5 Å². The third kappa shape index (κ3) is 4.31. The van der Waals surface area contributed by atoms with Gasteiger partial charge in [-0.15, -0.1) is 0 Å². The minimum Gasteiger partial charge on any atom is -0.481 e. The molecule has 0 spiro atoms. The third-order valence-electron chi connectivity index (χ3n) is 3.98. The summed E-state index contributed by atoms with van der Waals surface area (Å²) in [6.07, 6.45) is 0.988. The second-order valence-electron chi connectivity index (χ2n) is 6.12. The van der Waals surface area contributed by atoms with Crippen LogP contribution in [0.2, 0.25) is 0 Å². The van der Waals surface area contributed by atoms with E-state index in [-0.39, 0.29) is 23.8 Å². The Bertz CT molecular complexity index is 301. The Morgan fingerprint density at radius 2 is 1.61 bits per heavy atom. The molecule has 2 N–H and O–H groups in total. The molecule has 0 fully saturated rings. The van der Waals surface area contributed by atoms with Gasteiger partial charge in [-0.25, -0.2) is 0 Å². The molecule has 0 saturated heterocycles. The zero-order chi connectivity index (χ0) is 14.6. The number of carbonyl (C=O) groups is 2. The van der Waals surface area contributed by atoms with Crippen LogP contribution in [0, 0.1) is 10.8 Å². The molecule has 0 aliphatic rings. The summed E-state index contributed by atoms with van der Waals surface area (Å²) in [6.45, 7) is 11.7. The summed E-state index contributed by atoms with van der Waals surface area (Å²) < 4.78 is 0. The van der Waals surface area contributed by atoms with Gasteiger partial charge < -0.3 is 10.4 Å². The maximum atomic E-state index is 12.0. The topological polar surface area (TPSA) is 66.4 Å². The highest BCUT2D eigenvalue weighted by Gasteiger charge is 2.37. The minimum absolute atomic E-state index is 0.0187. The summed E-state index contributed by atoms with van der Waals surface area (Å²) >= 11 is 0. The average Bonchev–Trinajstić information content (AvgIpc) is 2.24. The van der Waals surface area contributed by atoms with Crippen LogP contribution < -0.4 is 5.32 Å². The molecule has 0 aliphatic heterocycles. The van der Waals surface area contributed by atoms with Crippen LogP contribution in [0.1, 0.15) is 60.8 Å².